The first-order valence-electron chi connectivity index (χ1n) is 4.58. The molecule has 0 aliphatic carbocycles. The minimum atomic E-state index is 0.0706. The first kappa shape index (κ1) is 7.55. The van der Waals surface area contributed by atoms with Crippen LogP contribution < -0.4 is 5.32 Å². The highest BCUT2D eigenvalue weighted by Crippen LogP contribution is 2.24. The van der Waals surface area contributed by atoms with Crippen molar-refractivity contribution in [3.8, 4) is 0 Å². The zero-order valence-electron chi connectivity index (χ0n) is 7.53. The van der Waals surface area contributed by atoms with E-state index in [-0.39, 0.29) is 5.91 Å². The van der Waals surface area contributed by atoms with Crippen LogP contribution in [0.3, 0.4) is 0 Å². The number of aryl methyl sites for hydroxylation is 1. The summed E-state index contributed by atoms with van der Waals surface area (Å²) in [5.74, 6) is 0.0706. The highest BCUT2D eigenvalue weighted by molar-refractivity contribution is 6.00. The number of imidazole rings is 1. The molecule has 3 rings (SSSR count). The maximum Gasteiger partial charge on any atom is 0.226 e. The molecule has 1 aliphatic rings. The number of carbonyl (C=O) groups is 1. The van der Waals surface area contributed by atoms with Crippen LogP contribution in [-0.4, -0.2) is 15.5 Å². The normalized spacial score (nSPS) is 15.3. The average molecular weight is 187 g/mol. The summed E-state index contributed by atoms with van der Waals surface area (Å²) in [6.45, 7) is 0.708. The molecule has 0 saturated heterocycles. The molecule has 0 atom stereocenters. The molecule has 2 heterocycles. The molecule has 4 heteroatoms. The van der Waals surface area contributed by atoms with Gasteiger partial charge in [0.25, 0.3) is 0 Å². The first-order chi connectivity index (χ1) is 6.84. The Bertz CT molecular complexity index is 515. The van der Waals surface area contributed by atoms with Crippen LogP contribution in [0.15, 0.2) is 24.5 Å². The number of benzene rings is 1. The molecule has 4 nitrogen and oxygen atoms in total. The van der Waals surface area contributed by atoms with Crippen molar-refractivity contribution in [1.29, 1.82) is 0 Å². The molecule has 0 saturated carbocycles. The van der Waals surface area contributed by atoms with E-state index < -0.39 is 0 Å². The summed E-state index contributed by atoms with van der Waals surface area (Å²) < 4.78 is 2.02. The second-order valence-corrected chi connectivity index (χ2v) is 3.41. The Morgan fingerprint density at radius 2 is 2.36 bits per heavy atom. The molecule has 1 aromatic carbocycles. The Morgan fingerprint density at radius 1 is 1.43 bits per heavy atom. The van der Waals surface area contributed by atoms with E-state index in [9.17, 15) is 4.79 Å². The zero-order valence-corrected chi connectivity index (χ0v) is 7.53. The van der Waals surface area contributed by atoms with Crippen LogP contribution in [0.2, 0.25) is 0 Å². The number of anilines is 1. The molecule has 0 spiro atoms. The molecule has 70 valence electrons. The van der Waals surface area contributed by atoms with Gasteiger partial charge in [-0.15, -0.1) is 0 Å². The molecule has 1 N–H and O–H groups in total. The average Bonchev–Trinajstić information content (AvgIpc) is 2.51. The Morgan fingerprint density at radius 3 is 3.29 bits per heavy atom. The van der Waals surface area contributed by atoms with Gasteiger partial charge in [0, 0.05) is 13.0 Å². The predicted molar refractivity (Wildman–Crippen MR) is 53.0 cm³/mol. The number of amides is 1. The summed E-state index contributed by atoms with van der Waals surface area (Å²) in [5, 5.41) is 2.87. The fourth-order valence-electron chi connectivity index (χ4n) is 1.83. The number of hydrogen-bond acceptors (Lipinski definition) is 2. The van der Waals surface area contributed by atoms with E-state index in [1.165, 1.54) is 0 Å². The molecule has 2 aromatic rings. The smallest absolute Gasteiger partial charge is 0.226 e. The predicted octanol–water partition coefficient (Wildman–Crippen LogP) is 1.38. The van der Waals surface area contributed by atoms with Gasteiger partial charge in [-0.3, -0.25) is 4.79 Å². The molecule has 0 unspecified atom stereocenters. The maximum absolute atomic E-state index is 11.3. The summed E-state index contributed by atoms with van der Waals surface area (Å²) in [4.78, 5) is 15.6. The number of nitrogens with zero attached hydrogens (tertiary/aromatic N) is 2. The van der Waals surface area contributed by atoms with Gasteiger partial charge in [-0.1, -0.05) is 6.07 Å². The van der Waals surface area contributed by atoms with Crippen molar-refractivity contribution in [2.24, 2.45) is 0 Å². The third kappa shape index (κ3) is 0.937. The van der Waals surface area contributed by atoms with E-state index in [0.29, 0.717) is 13.0 Å². The monoisotopic (exact) mass is 187 g/mol. The number of hydrogen-bond donors (Lipinski definition) is 1. The number of rotatable bonds is 0. The zero-order chi connectivity index (χ0) is 9.54. The SMILES string of the molecule is O=C1CCn2cnc3cccc(c32)N1. The molecule has 0 fully saturated rings. The van der Waals surface area contributed by atoms with E-state index in [1.54, 1.807) is 6.33 Å². The first-order valence-corrected chi connectivity index (χ1v) is 4.58. The standard InChI is InChI=1S/C10H9N3O/c14-9-4-5-13-6-11-7-2-1-3-8(12-9)10(7)13/h1-3,6H,4-5H2,(H,12,14). The maximum atomic E-state index is 11.3. The van der Waals surface area contributed by atoms with E-state index in [4.69, 9.17) is 0 Å². The third-order valence-electron chi connectivity index (χ3n) is 2.49. The molecular weight excluding hydrogens is 178 g/mol. The Hall–Kier alpha value is -1.84. The molecular formula is C10H9N3O. The summed E-state index contributed by atoms with van der Waals surface area (Å²) >= 11 is 0. The van der Waals surface area contributed by atoms with Crippen LogP contribution in [-0.2, 0) is 11.3 Å². The number of para-hydroxylation sites is 1. The van der Waals surface area contributed by atoms with Crippen LogP contribution in [0, 0.1) is 0 Å². The van der Waals surface area contributed by atoms with Crippen molar-refractivity contribution >= 4 is 22.6 Å². The largest absolute Gasteiger partial charge is 0.328 e. The van der Waals surface area contributed by atoms with Crippen molar-refractivity contribution in [3.63, 3.8) is 0 Å². The van der Waals surface area contributed by atoms with Crippen molar-refractivity contribution in [2.75, 3.05) is 5.32 Å². The molecule has 1 aromatic heterocycles. The van der Waals surface area contributed by atoms with E-state index in [1.807, 2.05) is 22.8 Å². The lowest BCUT2D eigenvalue weighted by Crippen LogP contribution is -2.10. The number of carbonyl (C=O) groups excluding carboxylic acids is 1. The third-order valence-corrected chi connectivity index (χ3v) is 2.49. The summed E-state index contributed by atoms with van der Waals surface area (Å²) in [6.07, 6.45) is 2.30. The van der Waals surface area contributed by atoms with Crippen LogP contribution >= 0.6 is 0 Å². The van der Waals surface area contributed by atoms with E-state index in [2.05, 4.69) is 10.3 Å². The number of nitrogens with one attached hydrogen (secondary N) is 1. The fraction of sp³-hybridized carbons (Fsp3) is 0.200. The van der Waals surface area contributed by atoms with Gasteiger partial charge in [0.15, 0.2) is 0 Å². The molecule has 1 aliphatic heterocycles. The van der Waals surface area contributed by atoms with Gasteiger partial charge in [-0.05, 0) is 12.1 Å². The topological polar surface area (TPSA) is 46.9 Å². The molecule has 14 heavy (non-hydrogen) atoms. The molecule has 0 radical (unpaired) electrons. The van der Waals surface area contributed by atoms with Crippen molar-refractivity contribution in [1.82, 2.24) is 9.55 Å². The molecule has 0 bridgehead atoms. The van der Waals surface area contributed by atoms with Gasteiger partial charge in [-0.2, -0.15) is 0 Å². The van der Waals surface area contributed by atoms with Gasteiger partial charge in [0.2, 0.25) is 5.91 Å². The highest BCUT2D eigenvalue weighted by atomic mass is 16.1. The lowest BCUT2D eigenvalue weighted by Gasteiger charge is -2.01. The quantitative estimate of drug-likeness (QED) is 0.677. The lowest BCUT2D eigenvalue weighted by atomic mass is 10.2. The van der Waals surface area contributed by atoms with Gasteiger partial charge >= 0.3 is 0 Å². The minimum Gasteiger partial charge on any atom is -0.328 e. The van der Waals surface area contributed by atoms with Crippen LogP contribution in [0.4, 0.5) is 5.69 Å². The van der Waals surface area contributed by atoms with Crippen molar-refractivity contribution in [2.45, 2.75) is 13.0 Å². The summed E-state index contributed by atoms with van der Waals surface area (Å²) in [7, 11) is 0. The summed E-state index contributed by atoms with van der Waals surface area (Å²) in [5.41, 5.74) is 2.82. The minimum absolute atomic E-state index is 0.0706. The second kappa shape index (κ2) is 2.57. The summed E-state index contributed by atoms with van der Waals surface area (Å²) in [6, 6.07) is 5.76. The van der Waals surface area contributed by atoms with Crippen molar-refractivity contribution < 1.29 is 4.79 Å². The highest BCUT2D eigenvalue weighted by Gasteiger charge is 2.14. The molecule has 1 amide bonds. The van der Waals surface area contributed by atoms with Gasteiger partial charge in [0.1, 0.15) is 0 Å². The van der Waals surface area contributed by atoms with Crippen LogP contribution in [0.1, 0.15) is 6.42 Å². The number of aromatic nitrogens is 2. The van der Waals surface area contributed by atoms with Gasteiger partial charge in [-0.25, -0.2) is 4.98 Å². The Labute approximate surface area is 80.6 Å². The van der Waals surface area contributed by atoms with Crippen LogP contribution in [0.5, 0.6) is 0 Å². The van der Waals surface area contributed by atoms with Gasteiger partial charge < -0.3 is 9.88 Å². The fourth-order valence-corrected chi connectivity index (χ4v) is 1.83. The Balaban J connectivity index is 2.36. The van der Waals surface area contributed by atoms with Crippen LogP contribution in [0.25, 0.3) is 11.0 Å². The second-order valence-electron chi connectivity index (χ2n) is 3.41. The van der Waals surface area contributed by atoms with E-state index >= 15 is 0 Å². The van der Waals surface area contributed by atoms with E-state index in [0.717, 1.165) is 16.7 Å². The van der Waals surface area contributed by atoms with Gasteiger partial charge in [0.05, 0.1) is 23.0 Å². The lowest BCUT2D eigenvalue weighted by molar-refractivity contribution is -0.116. The van der Waals surface area contributed by atoms with Crippen molar-refractivity contribution in [3.05, 3.63) is 24.5 Å². The Kier molecular flexibility index (Phi) is 1.39.